The van der Waals surface area contributed by atoms with Gasteiger partial charge in [-0.2, -0.15) is 0 Å². The summed E-state index contributed by atoms with van der Waals surface area (Å²) in [6.07, 6.45) is 0. The normalized spacial score (nSPS) is 13.8. The van der Waals surface area contributed by atoms with Crippen LogP contribution in [0, 0.1) is 0 Å². The van der Waals surface area contributed by atoms with Crippen molar-refractivity contribution >= 4 is 66.5 Å². The van der Waals surface area contributed by atoms with Crippen LogP contribution in [0.5, 0.6) is 0 Å². The van der Waals surface area contributed by atoms with E-state index >= 15 is 0 Å². The number of rotatable bonds is 7. The van der Waals surface area contributed by atoms with Gasteiger partial charge in [-0.05, 0) is 121 Å². The van der Waals surface area contributed by atoms with Crippen molar-refractivity contribution in [2.45, 2.75) is 24.7 Å². The molecule has 0 saturated carbocycles. The zero-order valence-electron chi connectivity index (χ0n) is 42.7. The summed E-state index contributed by atoms with van der Waals surface area (Å²) >= 11 is 0. The molecule has 3 aromatic heterocycles. The Bertz CT molecular complexity index is 4660. The lowest BCUT2D eigenvalue weighted by Gasteiger charge is -2.34. The maximum absolute atomic E-state index is 5.44. The number of hydrogen-bond acceptors (Lipinski definition) is 2. The van der Waals surface area contributed by atoms with E-state index in [0.717, 1.165) is 72.5 Å². The van der Waals surface area contributed by atoms with E-state index in [1.54, 1.807) is 0 Å². The van der Waals surface area contributed by atoms with Crippen molar-refractivity contribution in [2.75, 3.05) is 4.90 Å². The van der Waals surface area contributed by atoms with Crippen molar-refractivity contribution in [2.24, 2.45) is 0 Å². The van der Waals surface area contributed by atoms with E-state index in [4.69, 9.17) is 4.98 Å². The molecule has 4 nitrogen and oxygen atoms in total. The summed E-state index contributed by atoms with van der Waals surface area (Å²) in [5.41, 5.74) is 24.3. The first kappa shape index (κ1) is 43.6. The Labute approximate surface area is 447 Å². The Morgan fingerprint density at radius 2 is 0.935 bits per heavy atom. The molecule has 11 aromatic carbocycles. The summed E-state index contributed by atoms with van der Waals surface area (Å²) in [6, 6.07) is 98.7. The fraction of sp³-hybridized carbons (Fsp3) is 0.0548. The van der Waals surface area contributed by atoms with Gasteiger partial charge < -0.3 is 4.90 Å². The summed E-state index contributed by atoms with van der Waals surface area (Å²) in [6.45, 7) is 4.75. The second-order valence-corrected chi connectivity index (χ2v) is 21.4. The minimum Gasteiger partial charge on any atom is -0.310 e. The molecule has 0 radical (unpaired) electrons. The van der Waals surface area contributed by atoms with Gasteiger partial charge in [-0.1, -0.05) is 226 Å². The van der Waals surface area contributed by atoms with Crippen molar-refractivity contribution in [3.63, 3.8) is 0 Å². The number of para-hydroxylation sites is 2. The van der Waals surface area contributed by atoms with Gasteiger partial charge in [0.2, 0.25) is 0 Å². The van der Waals surface area contributed by atoms with E-state index in [9.17, 15) is 0 Å². The number of hydrogen-bond donors (Lipinski definition) is 0. The topological polar surface area (TPSA) is 25.5 Å². The lowest BCUT2D eigenvalue weighted by atomic mass is 9.68. The first-order valence-corrected chi connectivity index (χ1v) is 26.8. The largest absolute Gasteiger partial charge is 0.310 e. The number of imidazole rings is 1. The van der Waals surface area contributed by atoms with E-state index in [1.165, 1.54) is 66.4 Å². The molecule has 0 saturated heterocycles. The van der Waals surface area contributed by atoms with Crippen LogP contribution in [0.25, 0.3) is 88.5 Å². The first-order valence-electron chi connectivity index (χ1n) is 26.8. The summed E-state index contributed by atoms with van der Waals surface area (Å²) in [5.74, 6) is 0. The summed E-state index contributed by atoms with van der Waals surface area (Å²) in [4.78, 5) is 7.95. The number of fused-ring (bicyclic) bond motifs is 16. The van der Waals surface area contributed by atoms with Crippen LogP contribution in [-0.4, -0.2) is 14.0 Å². The monoisotopic (exact) mass is 982 g/mol. The Hall–Kier alpha value is -9.77. The Balaban J connectivity index is 0.858. The SMILES string of the molecule is CC1(C)c2ccccc2-c2ccc(N(c3ccc(-c4ccc(-n5c6ccccc6c6nc7c8ccccc8c8ccccc8n7c65)cc4)cc3)c3cccc4c3-c3ccccc3C4(c3ccccc3)c3ccccc3)cc21. The number of anilines is 3. The smallest absolute Gasteiger partial charge is 0.151 e. The van der Waals surface area contributed by atoms with Crippen LogP contribution in [0.1, 0.15) is 47.2 Å². The number of aromatic nitrogens is 3. The Kier molecular flexibility index (Phi) is 9.27. The van der Waals surface area contributed by atoms with E-state index in [-0.39, 0.29) is 5.41 Å². The molecule has 0 unspecified atom stereocenters. The molecule has 0 bridgehead atoms. The van der Waals surface area contributed by atoms with Gasteiger partial charge in [0, 0.05) is 44.2 Å². The van der Waals surface area contributed by atoms with Gasteiger partial charge in [0.15, 0.2) is 5.65 Å². The average molecular weight is 983 g/mol. The minimum atomic E-state index is -0.528. The lowest BCUT2D eigenvalue weighted by molar-refractivity contribution is 0.660. The van der Waals surface area contributed by atoms with Gasteiger partial charge in [-0.25, -0.2) is 4.98 Å². The zero-order valence-corrected chi connectivity index (χ0v) is 42.7. The second kappa shape index (κ2) is 16.4. The van der Waals surface area contributed by atoms with Gasteiger partial charge in [-0.15, -0.1) is 0 Å². The number of pyridine rings is 1. The zero-order chi connectivity index (χ0) is 51.0. The molecule has 0 spiro atoms. The van der Waals surface area contributed by atoms with Gasteiger partial charge >= 0.3 is 0 Å². The average Bonchev–Trinajstić information content (AvgIpc) is 4.38. The van der Waals surface area contributed by atoms with E-state index < -0.39 is 5.41 Å². The van der Waals surface area contributed by atoms with Gasteiger partial charge in [0.25, 0.3) is 0 Å². The highest BCUT2D eigenvalue weighted by Crippen LogP contribution is 2.60. The van der Waals surface area contributed by atoms with Crippen LogP contribution in [-0.2, 0) is 10.8 Å². The highest BCUT2D eigenvalue weighted by atomic mass is 15.2. The van der Waals surface area contributed by atoms with E-state index in [2.05, 4.69) is 295 Å². The Morgan fingerprint density at radius 1 is 0.390 bits per heavy atom. The third-order valence-corrected chi connectivity index (χ3v) is 17.2. The predicted molar refractivity (Wildman–Crippen MR) is 320 cm³/mol. The maximum Gasteiger partial charge on any atom is 0.151 e. The molecule has 0 N–H and O–H groups in total. The van der Waals surface area contributed by atoms with Gasteiger partial charge in [0.1, 0.15) is 11.2 Å². The molecule has 0 amide bonds. The van der Waals surface area contributed by atoms with Crippen LogP contribution >= 0.6 is 0 Å². The molecule has 4 heteroatoms. The summed E-state index contributed by atoms with van der Waals surface area (Å²) in [7, 11) is 0. The molecular formula is C73H50N4. The van der Waals surface area contributed by atoms with Crippen LogP contribution in [0.15, 0.2) is 267 Å². The molecule has 16 rings (SSSR count). The van der Waals surface area contributed by atoms with E-state index in [0.29, 0.717) is 0 Å². The molecule has 0 fully saturated rings. The predicted octanol–water partition coefficient (Wildman–Crippen LogP) is 18.5. The third-order valence-electron chi connectivity index (χ3n) is 17.2. The van der Waals surface area contributed by atoms with Crippen LogP contribution < -0.4 is 4.90 Å². The molecule has 0 aliphatic heterocycles. The fourth-order valence-corrected chi connectivity index (χ4v) is 13.8. The number of benzene rings is 11. The van der Waals surface area contributed by atoms with Gasteiger partial charge in [-0.3, -0.25) is 8.97 Å². The standard InChI is InChI=1S/C73H50N4/c1-72(2)61-30-15-11-25-55(61)56-45-44-53(46-64(56)72)75(67-35-19-32-63-68(67)59-28-12-16-31-62(59)73(63,49-20-5-3-6-21-49)50-22-7-4-8-23-50)51-40-36-47(37-41-51)48-38-42-52(43-39-48)76-66-34-18-14-29-60(66)69-71(76)77-65-33-17-13-26-57(65)54-24-9-10-27-58(54)70(77)74-69/h3-46H,1-2H3. The second-order valence-electron chi connectivity index (χ2n) is 21.4. The van der Waals surface area contributed by atoms with Crippen LogP contribution in [0.3, 0.4) is 0 Å². The van der Waals surface area contributed by atoms with Crippen LogP contribution in [0.2, 0.25) is 0 Å². The van der Waals surface area contributed by atoms with Crippen molar-refractivity contribution in [1.82, 2.24) is 14.0 Å². The minimum absolute atomic E-state index is 0.170. The third kappa shape index (κ3) is 6.07. The highest BCUT2D eigenvalue weighted by molar-refractivity contribution is 6.17. The molecule has 2 aliphatic carbocycles. The number of nitrogens with zero attached hydrogens (tertiary/aromatic N) is 4. The van der Waals surface area contributed by atoms with Crippen molar-refractivity contribution in [1.29, 1.82) is 0 Å². The maximum atomic E-state index is 5.44. The molecule has 2 aliphatic rings. The van der Waals surface area contributed by atoms with Crippen molar-refractivity contribution in [3.8, 4) is 39.1 Å². The molecule has 77 heavy (non-hydrogen) atoms. The molecular weight excluding hydrogens is 933 g/mol. The van der Waals surface area contributed by atoms with Crippen molar-refractivity contribution in [3.05, 3.63) is 300 Å². The van der Waals surface area contributed by atoms with E-state index in [1.807, 2.05) is 0 Å². The first-order chi connectivity index (χ1) is 38.0. The highest BCUT2D eigenvalue weighted by Gasteiger charge is 2.47. The van der Waals surface area contributed by atoms with Crippen LogP contribution in [0.4, 0.5) is 17.1 Å². The Morgan fingerprint density at radius 3 is 1.66 bits per heavy atom. The molecule has 0 atom stereocenters. The van der Waals surface area contributed by atoms with Gasteiger partial charge in [0.05, 0.1) is 22.1 Å². The summed E-state index contributed by atoms with van der Waals surface area (Å²) in [5, 5.41) is 4.71. The molecule has 3 heterocycles. The quantitative estimate of drug-likeness (QED) is 0.149. The summed E-state index contributed by atoms with van der Waals surface area (Å²) < 4.78 is 4.77. The van der Waals surface area contributed by atoms with Crippen molar-refractivity contribution < 1.29 is 0 Å². The molecule has 14 aromatic rings. The molecule has 362 valence electrons. The fourth-order valence-electron chi connectivity index (χ4n) is 13.8. The lowest BCUT2D eigenvalue weighted by Crippen LogP contribution is -2.28.